The Bertz CT molecular complexity index is 188. The number of hydrogen-bond acceptors (Lipinski definition) is 2. The Morgan fingerprint density at radius 1 is 1.40 bits per heavy atom. The molecule has 3 heteroatoms. The number of primary amides is 1. The fraction of sp³-hybridized carbons (Fsp3) is 0.917. The van der Waals surface area contributed by atoms with Crippen LogP contribution in [0.2, 0.25) is 0 Å². The van der Waals surface area contributed by atoms with Gasteiger partial charge in [0.1, 0.15) is 0 Å². The lowest BCUT2D eigenvalue weighted by Gasteiger charge is -2.26. The number of rotatable bonds is 6. The van der Waals surface area contributed by atoms with Gasteiger partial charge in [0.05, 0.1) is 0 Å². The van der Waals surface area contributed by atoms with E-state index in [0.29, 0.717) is 12.5 Å². The summed E-state index contributed by atoms with van der Waals surface area (Å²) < 4.78 is 0. The highest BCUT2D eigenvalue weighted by atomic mass is 16.1. The van der Waals surface area contributed by atoms with Crippen LogP contribution in [-0.2, 0) is 4.79 Å². The van der Waals surface area contributed by atoms with E-state index in [9.17, 15) is 4.79 Å². The summed E-state index contributed by atoms with van der Waals surface area (Å²) in [6.07, 6.45) is 8.39. The number of carbonyl (C=O) groups excluding carboxylic acids is 1. The average Bonchev–Trinajstić information content (AvgIpc) is 2.18. The van der Waals surface area contributed by atoms with Crippen LogP contribution in [0.4, 0.5) is 0 Å². The lowest BCUT2D eigenvalue weighted by atomic mass is 9.84. The van der Waals surface area contributed by atoms with Crippen molar-refractivity contribution in [3.8, 4) is 0 Å². The summed E-state index contributed by atoms with van der Waals surface area (Å²) in [4.78, 5) is 10.9. The SMILES string of the molecule is CCNC(CC(N)=O)CC1CCCCC1. The molecule has 3 N–H and O–H groups in total. The first kappa shape index (κ1) is 12.5. The predicted molar refractivity (Wildman–Crippen MR) is 62.5 cm³/mol. The molecule has 1 aliphatic carbocycles. The lowest BCUT2D eigenvalue weighted by Crippen LogP contribution is -2.35. The van der Waals surface area contributed by atoms with Gasteiger partial charge in [-0.1, -0.05) is 39.0 Å². The average molecular weight is 212 g/mol. The Morgan fingerprint density at radius 2 is 2.07 bits per heavy atom. The highest BCUT2D eigenvalue weighted by Gasteiger charge is 2.19. The van der Waals surface area contributed by atoms with Crippen LogP contribution in [0, 0.1) is 5.92 Å². The highest BCUT2D eigenvalue weighted by Crippen LogP contribution is 2.27. The van der Waals surface area contributed by atoms with Crippen LogP contribution in [0.15, 0.2) is 0 Å². The number of nitrogens with two attached hydrogens (primary N) is 1. The van der Waals surface area contributed by atoms with E-state index in [1.54, 1.807) is 0 Å². The molecule has 0 aromatic heterocycles. The first-order valence-corrected chi connectivity index (χ1v) is 6.24. The fourth-order valence-electron chi connectivity index (χ4n) is 2.60. The summed E-state index contributed by atoms with van der Waals surface area (Å²) in [5, 5.41) is 3.36. The number of amides is 1. The van der Waals surface area contributed by atoms with E-state index in [4.69, 9.17) is 5.73 Å². The number of nitrogens with one attached hydrogen (secondary N) is 1. The molecule has 1 rings (SSSR count). The molecule has 1 fully saturated rings. The molecule has 3 nitrogen and oxygen atoms in total. The van der Waals surface area contributed by atoms with Gasteiger partial charge in [0, 0.05) is 12.5 Å². The molecular formula is C12H24N2O. The largest absolute Gasteiger partial charge is 0.370 e. The summed E-state index contributed by atoms with van der Waals surface area (Å²) in [6.45, 7) is 3.00. The Balaban J connectivity index is 2.31. The third kappa shape index (κ3) is 5.17. The van der Waals surface area contributed by atoms with Gasteiger partial charge >= 0.3 is 0 Å². The molecule has 0 aromatic rings. The van der Waals surface area contributed by atoms with Crippen LogP contribution in [0.25, 0.3) is 0 Å². The van der Waals surface area contributed by atoms with Crippen LogP contribution in [0.5, 0.6) is 0 Å². The fourth-order valence-corrected chi connectivity index (χ4v) is 2.60. The highest BCUT2D eigenvalue weighted by molar-refractivity contribution is 5.74. The van der Waals surface area contributed by atoms with Gasteiger partial charge in [-0.15, -0.1) is 0 Å². The van der Waals surface area contributed by atoms with Crippen molar-refractivity contribution in [3.63, 3.8) is 0 Å². The van der Waals surface area contributed by atoms with Gasteiger partial charge in [-0.05, 0) is 18.9 Å². The number of carbonyl (C=O) groups is 1. The zero-order valence-electron chi connectivity index (χ0n) is 9.80. The summed E-state index contributed by atoms with van der Waals surface area (Å²) in [5.41, 5.74) is 5.25. The standard InChI is InChI=1S/C12H24N2O/c1-2-14-11(9-12(13)15)8-10-6-4-3-5-7-10/h10-11,14H,2-9H2,1H3,(H2,13,15). The van der Waals surface area contributed by atoms with Crippen LogP contribution < -0.4 is 11.1 Å². The van der Waals surface area contributed by atoms with E-state index < -0.39 is 0 Å². The Kier molecular flexibility index (Phi) is 5.69. The molecule has 0 aliphatic heterocycles. The minimum absolute atomic E-state index is 0.184. The van der Waals surface area contributed by atoms with Crippen molar-refractivity contribution < 1.29 is 4.79 Å². The summed E-state index contributed by atoms with van der Waals surface area (Å²) in [5.74, 6) is 0.624. The van der Waals surface area contributed by atoms with E-state index in [-0.39, 0.29) is 5.91 Å². The van der Waals surface area contributed by atoms with Gasteiger partial charge in [-0.3, -0.25) is 4.79 Å². The molecule has 0 aromatic carbocycles. The van der Waals surface area contributed by atoms with Crippen molar-refractivity contribution in [3.05, 3.63) is 0 Å². The van der Waals surface area contributed by atoms with Gasteiger partial charge in [0.2, 0.25) is 5.91 Å². The smallest absolute Gasteiger partial charge is 0.218 e. The van der Waals surface area contributed by atoms with E-state index in [2.05, 4.69) is 12.2 Å². The molecule has 0 bridgehead atoms. The molecule has 1 saturated carbocycles. The quantitative estimate of drug-likeness (QED) is 0.705. The molecule has 1 atom stereocenters. The van der Waals surface area contributed by atoms with Crippen molar-refractivity contribution in [1.82, 2.24) is 5.32 Å². The molecule has 1 unspecified atom stereocenters. The second-order valence-electron chi connectivity index (χ2n) is 4.66. The maximum atomic E-state index is 10.9. The molecule has 0 radical (unpaired) electrons. The second kappa shape index (κ2) is 6.83. The van der Waals surface area contributed by atoms with E-state index in [1.807, 2.05) is 0 Å². The zero-order chi connectivity index (χ0) is 11.1. The Hall–Kier alpha value is -0.570. The topological polar surface area (TPSA) is 55.1 Å². The zero-order valence-corrected chi connectivity index (χ0v) is 9.80. The van der Waals surface area contributed by atoms with E-state index in [0.717, 1.165) is 18.9 Å². The molecule has 1 amide bonds. The minimum atomic E-state index is -0.184. The third-order valence-electron chi connectivity index (χ3n) is 3.28. The first-order chi connectivity index (χ1) is 7.22. The molecule has 15 heavy (non-hydrogen) atoms. The summed E-state index contributed by atoms with van der Waals surface area (Å²) in [7, 11) is 0. The third-order valence-corrected chi connectivity index (χ3v) is 3.28. The maximum absolute atomic E-state index is 10.9. The van der Waals surface area contributed by atoms with Gasteiger partial charge in [-0.2, -0.15) is 0 Å². The first-order valence-electron chi connectivity index (χ1n) is 6.24. The number of hydrogen-bond donors (Lipinski definition) is 2. The Morgan fingerprint density at radius 3 is 2.60 bits per heavy atom. The predicted octanol–water partition coefficient (Wildman–Crippen LogP) is 1.81. The normalized spacial score (nSPS) is 20.1. The van der Waals surface area contributed by atoms with Crippen LogP contribution in [0.1, 0.15) is 51.9 Å². The summed E-state index contributed by atoms with van der Waals surface area (Å²) >= 11 is 0. The van der Waals surface area contributed by atoms with E-state index in [1.165, 1.54) is 32.1 Å². The Labute approximate surface area is 92.8 Å². The molecule has 1 aliphatic rings. The molecule has 0 spiro atoms. The molecule has 0 heterocycles. The van der Waals surface area contributed by atoms with Gasteiger partial charge in [0.25, 0.3) is 0 Å². The minimum Gasteiger partial charge on any atom is -0.370 e. The molecular weight excluding hydrogens is 188 g/mol. The van der Waals surface area contributed by atoms with Crippen LogP contribution >= 0.6 is 0 Å². The second-order valence-corrected chi connectivity index (χ2v) is 4.66. The van der Waals surface area contributed by atoms with Crippen molar-refractivity contribution in [1.29, 1.82) is 0 Å². The van der Waals surface area contributed by atoms with E-state index >= 15 is 0 Å². The van der Waals surface area contributed by atoms with Crippen LogP contribution in [-0.4, -0.2) is 18.5 Å². The molecule has 0 saturated heterocycles. The maximum Gasteiger partial charge on any atom is 0.218 e. The molecule has 88 valence electrons. The van der Waals surface area contributed by atoms with Crippen molar-refractivity contribution in [2.75, 3.05) is 6.54 Å². The van der Waals surface area contributed by atoms with Gasteiger partial charge in [0.15, 0.2) is 0 Å². The lowest BCUT2D eigenvalue weighted by molar-refractivity contribution is -0.118. The van der Waals surface area contributed by atoms with Crippen LogP contribution in [0.3, 0.4) is 0 Å². The van der Waals surface area contributed by atoms with Gasteiger partial charge < -0.3 is 11.1 Å². The summed E-state index contributed by atoms with van der Waals surface area (Å²) in [6, 6.07) is 0.301. The van der Waals surface area contributed by atoms with Gasteiger partial charge in [-0.25, -0.2) is 0 Å². The van der Waals surface area contributed by atoms with Crippen molar-refractivity contribution in [2.45, 2.75) is 57.9 Å². The van der Waals surface area contributed by atoms with Crippen molar-refractivity contribution >= 4 is 5.91 Å². The van der Waals surface area contributed by atoms with Crippen molar-refractivity contribution in [2.24, 2.45) is 11.7 Å². The monoisotopic (exact) mass is 212 g/mol.